The molecule has 2 saturated heterocycles. The van der Waals surface area contributed by atoms with E-state index in [4.69, 9.17) is 14.9 Å². The molecular weight excluding hydrogens is 468 g/mol. The molecular formula is C25H27BrN4O2. The number of nitrogens with one attached hydrogen (secondary N) is 1. The van der Waals surface area contributed by atoms with Gasteiger partial charge in [0.25, 0.3) is 0 Å². The molecule has 6 nitrogen and oxygen atoms in total. The standard InChI is InChI=1S/C25H27BrN4O2/c26-19-12-9-8-11-18(19)21-23(15-27,16-28)24(17-29)20-13-7-5-3-1-2-4-6-10-14-25(20,31-21)32-22(24)30/h8-9,11-12,20-21,30H,1-7,10,13-14H2. The molecule has 4 unspecified atom stereocenters. The van der Waals surface area contributed by atoms with Crippen molar-refractivity contribution in [2.45, 2.75) is 76.1 Å². The summed E-state index contributed by atoms with van der Waals surface area (Å²) >= 11 is 3.54. The van der Waals surface area contributed by atoms with Crippen LogP contribution in [0.3, 0.4) is 0 Å². The number of benzene rings is 1. The van der Waals surface area contributed by atoms with E-state index in [1.807, 2.05) is 18.2 Å². The lowest BCUT2D eigenvalue weighted by Gasteiger charge is -2.50. The molecule has 32 heavy (non-hydrogen) atoms. The Kier molecular flexibility index (Phi) is 6.30. The van der Waals surface area contributed by atoms with Crippen LogP contribution in [0.4, 0.5) is 0 Å². The molecule has 3 aliphatic rings. The molecule has 1 aliphatic carbocycles. The van der Waals surface area contributed by atoms with Crippen LogP contribution in [-0.2, 0) is 9.47 Å². The van der Waals surface area contributed by atoms with E-state index in [2.05, 4.69) is 34.1 Å². The van der Waals surface area contributed by atoms with E-state index >= 15 is 0 Å². The third kappa shape index (κ3) is 3.16. The Morgan fingerprint density at radius 1 is 0.906 bits per heavy atom. The summed E-state index contributed by atoms with van der Waals surface area (Å²) in [6, 6.07) is 13.9. The van der Waals surface area contributed by atoms with Crippen LogP contribution < -0.4 is 0 Å². The molecule has 1 aromatic carbocycles. The highest BCUT2D eigenvalue weighted by Gasteiger charge is 2.80. The SMILES string of the molecule is N#CC1(C#N)C(c2ccccc2Br)OC23CCCCCCCCCCC2C1(C#N)C(=N)O3. The molecule has 0 aromatic heterocycles. The van der Waals surface area contributed by atoms with Crippen LogP contribution in [0, 0.1) is 56.2 Å². The van der Waals surface area contributed by atoms with Gasteiger partial charge in [0.1, 0.15) is 6.10 Å². The lowest BCUT2D eigenvalue weighted by atomic mass is 9.52. The predicted molar refractivity (Wildman–Crippen MR) is 121 cm³/mol. The molecule has 2 aliphatic heterocycles. The summed E-state index contributed by atoms with van der Waals surface area (Å²) in [5.74, 6) is -2.01. The number of nitriles is 3. The van der Waals surface area contributed by atoms with Gasteiger partial charge in [-0.1, -0.05) is 79.1 Å². The van der Waals surface area contributed by atoms with Gasteiger partial charge < -0.3 is 9.47 Å². The molecule has 2 heterocycles. The van der Waals surface area contributed by atoms with Gasteiger partial charge in [-0.25, -0.2) is 0 Å². The summed E-state index contributed by atoms with van der Waals surface area (Å²) in [5.41, 5.74) is -2.96. The summed E-state index contributed by atoms with van der Waals surface area (Å²) in [4.78, 5) is 0. The topological polar surface area (TPSA) is 114 Å². The van der Waals surface area contributed by atoms with Crippen molar-refractivity contribution < 1.29 is 9.47 Å². The lowest BCUT2D eigenvalue weighted by molar-refractivity contribution is -0.288. The van der Waals surface area contributed by atoms with E-state index in [1.165, 1.54) is 12.8 Å². The van der Waals surface area contributed by atoms with E-state index in [0.717, 1.165) is 38.5 Å². The molecule has 1 N–H and O–H groups in total. The second kappa shape index (κ2) is 8.86. The first-order chi connectivity index (χ1) is 15.5. The van der Waals surface area contributed by atoms with Gasteiger partial charge in [-0.3, -0.25) is 5.41 Å². The predicted octanol–water partition coefficient (Wildman–Crippen LogP) is 6.30. The Labute approximate surface area is 197 Å². The van der Waals surface area contributed by atoms with Crippen molar-refractivity contribution in [2.75, 3.05) is 0 Å². The minimum Gasteiger partial charge on any atom is -0.447 e. The van der Waals surface area contributed by atoms with Crippen molar-refractivity contribution in [3.63, 3.8) is 0 Å². The average molecular weight is 495 g/mol. The highest BCUT2D eigenvalue weighted by atomic mass is 79.9. The van der Waals surface area contributed by atoms with Gasteiger partial charge in [0.15, 0.2) is 5.41 Å². The molecule has 3 fully saturated rings. The monoisotopic (exact) mass is 494 g/mol. The highest BCUT2D eigenvalue weighted by molar-refractivity contribution is 9.10. The molecule has 166 valence electrons. The number of hydrogen-bond donors (Lipinski definition) is 1. The Hall–Kier alpha value is -2.40. The van der Waals surface area contributed by atoms with E-state index in [0.29, 0.717) is 22.9 Å². The van der Waals surface area contributed by atoms with Crippen LogP contribution in [0.1, 0.15) is 75.9 Å². The minimum absolute atomic E-state index is 0.294. The van der Waals surface area contributed by atoms with Crippen LogP contribution in [0.2, 0.25) is 0 Å². The maximum absolute atomic E-state index is 10.6. The second-order valence-electron chi connectivity index (χ2n) is 9.13. The molecule has 7 heteroatoms. The zero-order chi connectivity index (χ0) is 22.8. The van der Waals surface area contributed by atoms with Crippen LogP contribution in [0.25, 0.3) is 0 Å². The average Bonchev–Trinajstić information content (AvgIpc) is 2.97. The summed E-state index contributed by atoms with van der Waals surface area (Å²) in [5, 5.41) is 40.2. The maximum atomic E-state index is 10.6. The van der Waals surface area contributed by atoms with Crippen molar-refractivity contribution in [3.05, 3.63) is 34.3 Å². The van der Waals surface area contributed by atoms with Crippen LogP contribution in [0.15, 0.2) is 28.7 Å². The highest BCUT2D eigenvalue weighted by Crippen LogP contribution is 2.68. The normalized spacial score (nSPS) is 34.4. The fraction of sp³-hybridized carbons (Fsp3) is 0.600. The number of rotatable bonds is 1. The first kappa shape index (κ1) is 22.8. The van der Waals surface area contributed by atoms with Crippen LogP contribution >= 0.6 is 15.9 Å². The minimum atomic E-state index is -1.90. The summed E-state index contributed by atoms with van der Waals surface area (Å²) in [6.07, 6.45) is 8.52. The lowest BCUT2D eigenvalue weighted by Crippen LogP contribution is -2.59. The van der Waals surface area contributed by atoms with E-state index in [9.17, 15) is 15.8 Å². The molecule has 1 aromatic rings. The van der Waals surface area contributed by atoms with Crippen molar-refractivity contribution in [1.29, 1.82) is 21.2 Å². The quantitative estimate of drug-likeness (QED) is 0.491. The second-order valence-corrected chi connectivity index (χ2v) is 9.99. The first-order valence-electron chi connectivity index (χ1n) is 11.5. The van der Waals surface area contributed by atoms with Crippen LogP contribution in [-0.4, -0.2) is 11.7 Å². The Morgan fingerprint density at radius 3 is 2.16 bits per heavy atom. The molecule has 0 amide bonds. The van der Waals surface area contributed by atoms with Crippen molar-refractivity contribution in [3.8, 4) is 18.2 Å². The fourth-order valence-electron chi connectivity index (χ4n) is 5.89. The van der Waals surface area contributed by atoms with Gasteiger partial charge >= 0.3 is 0 Å². The zero-order valence-electron chi connectivity index (χ0n) is 18.1. The van der Waals surface area contributed by atoms with Gasteiger partial charge in [0.2, 0.25) is 17.1 Å². The zero-order valence-corrected chi connectivity index (χ0v) is 19.7. The molecule has 0 spiro atoms. The first-order valence-corrected chi connectivity index (χ1v) is 12.2. The van der Waals surface area contributed by atoms with Crippen molar-refractivity contribution in [1.82, 2.24) is 0 Å². The molecule has 2 bridgehead atoms. The number of ether oxygens (including phenoxy) is 2. The third-order valence-electron chi connectivity index (χ3n) is 7.50. The molecule has 1 saturated carbocycles. The van der Waals surface area contributed by atoms with Gasteiger partial charge in [0.05, 0.1) is 24.1 Å². The fourth-order valence-corrected chi connectivity index (χ4v) is 6.38. The van der Waals surface area contributed by atoms with Crippen LogP contribution in [0.5, 0.6) is 0 Å². The van der Waals surface area contributed by atoms with Crippen molar-refractivity contribution in [2.24, 2.45) is 16.7 Å². The molecule has 4 atom stereocenters. The van der Waals surface area contributed by atoms with Gasteiger partial charge in [-0.2, -0.15) is 15.8 Å². The summed E-state index contributed by atoms with van der Waals surface area (Å²) < 4.78 is 13.5. The Morgan fingerprint density at radius 2 is 1.53 bits per heavy atom. The van der Waals surface area contributed by atoms with E-state index < -0.39 is 28.6 Å². The van der Waals surface area contributed by atoms with Gasteiger partial charge in [-0.15, -0.1) is 0 Å². The summed E-state index contributed by atoms with van der Waals surface area (Å²) in [6.45, 7) is 0. The van der Waals surface area contributed by atoms with Gasteiger partial charge in [0, 0.05) is 10.9 Å². The van der Waals surface area contributed by atoms with Gasteiger partial charge in [-0.05, 0) is 24.5 Å². The smallest absolute Gasteiger partial charge is 0.217 e. The number of halogens is 1. The number of nitrogens with zero attached hydrogens (tertiary/aromatic N) is 3. The largest absolute Gasteiger partial charge is 0.447 e. The Bertz CT molecular complexity index is 1010. The maximum Gasteiger partial charge on any atom is 0.217 e. The number of hydrogen-bond acceptors (Lipinski definition) is 6. The van der Waals surface area contributed by atoms with E-state index in [-0.39, 0.29) is 5.90 Å². The third-order valence-corrected chi connectivity index (χ3v) is 8.23. The Balaban J connectivity index is 1.91. The van der Waals surface area contributed by atoms with Crippen molar-refractivity contribution >= 4 is 21.8 Å². The van der Waals surface area contributed by atoms with E-state index in [1.54, 1.807) is 6.07 Å². The molecule has 4 rings (SSSR count). The summed E-state index contributed by atoms with van der Waals surface area (Å²) in [7, 11) is 0. The molecule has 0 radical (unpaired) electrons.